The molecule has 0 aromatic carbocycles. The van der Waals surface area contributed by atoms with Gasteiger partial charge in [-0.05, 0) is 26.3 Å². The molecule has 0 aliphatic heterocycles. The molecule has 0 amide bonds. The first-order chi connectivity index (χ1) is 7.95. The summed E-state index contributed by atoms with van der Waals surface area (Å²) in [5, 5.41) is 0.608. The lowest BCUT2D eigenvalue weighted by atomic mass is 10.1. The molecule has 0 bridgehead atoms. The van der Waals surface area contributed by atoms with E-state index in [1.807, 2.05) is 6.92 Å². The summed E-state index contributed by atoms with van der Waals surface area (Å²) in [4.78, 5) is 19.8. The number of thioether (sulfide) groups is 1. The van der Waals surface area contributed by atoms with Crippen LogP contribution in [0.3, 0.4) is 0 Å². The standard InChI is InChI=1S/C11H17N3O2S/c1-4-16-9(15)11(3,12)7-17-10-13-5-8(2)6-14-10/h5-6H,4,7,12H2,1-3H3. The summed E-state index contributed by atoms with van der Waals surface area (Å²) in [6.07, 6.45) is 3.46. The predicted octanol–water partition coefficient (Wildman–Crippen LogP) is 1.16. The van der Waals surface area contributed by atoms with Crippen molar-refractivity contribution in [2.75, 3.05) is 12.4 Å². The summed E-state index contributed by atoms with van der Waals surface area (Å²) < 4.78 is 4.90. The van der Waals surface area contributed by atoms with Gasteiger partial charge in [0.25, 0.3) is 0 Å². The molecule has 1 aromatic rings. The zero-order valence-electron chi connectivity index (χ0n) is 10.3. The SMILES string of the molecule is CCOC(=O)C(C)(N)CSc1ncc(C)cn1. The van der Waals surface area contributed by atoms with Crippen LogP contribution >= 0.6 is 11.8 Å². The van der Waals surface area contributed by atoms with E-state index in [1.54, 1.807) is 26.2 Å². The van der Waals surface area contributed by atoms with Crippen LogP contribution in [0.1, 0.15) is 19.4 Å². The van der Waals surface area contributed by atoms with Crippen molar-refractivity contribution in [3.8, 4) is 0 Å². The van der Waals surface area contributed by atoms with E-state index in [0.29, 0.717) is 17.5 Å². The van der Waals surface area contributed by atoms with Gasteiger partial charge in [0.1, 0.15) is 5.54 Å². The predicted molar refractivity (Wildman–Crippen MR) is 66.7 cm³/mol. The molecule has 94 valence electrons. The van der Waals surface area contributed by atoms with Crippen LogP contribution in [-0.4, -0.2) is 33.8 Å². The number of hydrogen-bond donors (Lipinski definition) is 1. The Kier molecular flexibility index (Phi) is 4.89. The van der Waals surface area contributed by atoms with Gasteiger partial charge >= 0.3 is 5.97 Å². The first-order valence-electron chi connectivity index (χ1n) is 5.33. The highest BCUT2D eigenvalue weighted by Crippen LogP contribution is 2.18. The minimum Gasteiger partial charge on any atom is -0.465 e. The summed E-state index contributed by atoms with van der Waals surface area (Å²) in [5.74, 6) is -0.0193. The Hall–Kier alpha value is -1.14. The molecule has 0 aliphatic carbocycles. The topological polar surface area (TPSA) is 78.1 Å². The molecule has 1 rings (SSSR count). The van der Waals surface area contributed by atoms with Gasteiger partial charge in [0.05, 0.1) is 6.61 Å². The van der Waals surface area contributed by atoms with Crippen molar-refractivity contribution in [3.05, 3.63) is 18.0 Å². The van der Waals surface area contributed by atoms with Gasteiger partial charge in [0, 0.05) is 18.1 Å². The summed E-state index contributed by atoms with van der Waals surface area (Å²) in [6.45, 7) is 5.65. The van der Waals surface area contributed by atoms with Crippen molar-refractivity contribution in [1.29, 1.82) is 0 Å². The number of hydrogen-bond acceptors (Lipinski definition) is 6. The number of carbonyl (C=O) groups excluding carboxylic acids is 1. The molecule has 1 aromatic heterocycles. The van der Waals surface area contributed by atoms with Crippen LogP contribution in [0.2, 0.25) is 0 Å². The fraction of sp³-hybridized carbons (Fsp3) is 0.545. The molecule has 0 radical (unpaired) electrons. The fourth-order valence-corrected chi connectivity index (χ4v) is 1.83. The average molecular weight is 255 g/mol. The van der Waals surface area contributed by atoms with Crippen LogP contribution in [-0.2, 0) is 9.53 Å². The molecule has 1 atom stereocenters. The number of esters is 1. The smallest absolute Gasteiger partial charge is 0.326 e. The van der Waals surface area contributed by atoms with Crippen molar-refractivity contribution in [1.82, 2.24) is 9.97 Å². The van der Waals surface area contributed by atoms with E-state index in [1.165, 1.54) is 11.8 Å². The molecular formula is C11H17N3O2S. The lowest BCUT2D eigenvalue weighted by Gasteiger charge is -2.20. The number of nitrogens with two attached hydrogens (primary N) is 1. The van der Waals surface area contributed by atoms with Gasteiger partial charge in [-0.1, -0.05) is 11.8 Å². The van der Waals surface area contributed by atoms with E-state index in [-0.39, 0.29) is 0 Å². The zero-order valence-corrected chi connectivity index (χ0v) is 11.1. The Morgan fingerprint density at radius 2 is 2.12 bits per heavy atom. The van der Waals surface area contributed by atoms with Crippen LogP contribution in [0.4, 0.5) is 0 Å². The van der Waals surface area contributed by atoms with E-state index < -0.39 is 11.5 Å². The minimum atomic E-state index is -1.02. The zero-order chi connectivity index (χ0) is 12.9. The number of aromatic nitrogens is 2. The molecule has 5 nitrogen and oxygen atoms in total. The van der Waals surface area contributed by atoms with Crippen LogP contribution in [0.15, 0.2) is 17.6 Å². The molecule has 0 fully saturated rings. The Balaban J connectivity index is 2.54. The van der Waals surface area contributed by atoms with Crippen molar-refractivity contribution in [2.24, 2.45) is 5.73 Å². The normalized spacial score (nSPS) is 14.1. The number of aryl methyl sites for hydroxylation is 1. The van der Waals surface area contributed by atoms with Gasteiger partial charge in [0.15, 0.2) is 5.16 Å². The summed E-state index contributed by atoms with van der Waals surface area (Å²) in [6, 6.07) is 0. The monoisotopic (exact) mass is 255 g/mol. The van der Waals surface area contributed by atoms with Gasteiger partial charge in [-0.25, -0.2) is 9.97 Å². The molecule has 0 saturated heterocycles. The maximum Gasteiger partial charge on any atom is 0.326 e. The second-order valence-corrected chi connectivity index (χ2v) is 4.91. The van der Waals surface area contributed by atoms with Crippen molar-refractivity contribution < 1.29 is 9.53 Å². The molecule has 0 aliphatic rings. The van der Waals surface area contributed by atoms with Gasteiger partial charge in [0.2, 0.25) is 0 Å². The average Bonchev–Trinajstić information content (AvgIpc) is 2.29. The number of nitrogens with zero attached hydrogens (tertiary/aromatic N) is 2. The second-order valence-electron chi connectivity index (χ2n) is 3.97. The van der Waals surface area contributed by atoms with E-state index in [4.69, 9.17) is 10.5 Å². The quantitative estimate of drug-likeness (QED) is 0.483. The third kappa shape index (κ3) is 4.32. The van der Waals surface area contributed by atoms with Gasteiger partial charge in [-0.2, -0.15) is 0 Å². The summed E-state index contributed by atoms with van der Waals surface area (Å²) in [5.41, 5.74) is 5.85. The van der Waals surface area contributed by atoms with Gasteiger partial charge < -0.3 is 10.5 Å². The van der Waals surface area contributed by atoms with Crippen LogP contribution in [0.25, 0.3) is 0 Å². The number of ether oxygens (including phenoxy) is 1. The fourth-order valence-electron chi connectivity index (χ4n) is 1.02. The molecular weight excluding hydrogens is 238 g/mol. The highest BCUT2D eigenvalue weighted by Gasteiger charge is 2.30. The van der Waals surface area contributed by atoms with E-state index in [9.17, 15) is 4.79 Å². The van der Waals surface area contributed by atoms with E-state index in [2.05, 4.69) is 9.97 Å². The van der Waals surface area contributed by atoms with E-state index >= 15 is 0 Å². The van der Waals surface area contributed by atoms with Crippen molar-refractivity contribution in [2.45, 2.75) is 31.5 Å². The highest BCUT2D eigenvalue weighted by molar-refractivity contribution is 7.99. The number of carbonyl (C=O) groups is 1. The third-order valence-electron chi connectivity index (χ3n) is 2.00. The maximum absolute atomic E-state index is 11.5. The van der Waals surface area contributed by atoms with Crippen molar-refractivity contribution >= 4 is 17.7 Å². The lowest BCUT2D eigenvalue weighted by molar-refractivity contribution is -0.148. The molecule has 17 heavy (non-hydrogen) atoms. The molecule has 6 heteroatoms. The largest absolute Gasteiger partial charge is 0.465 e. The Bertz CT molecular complexity index is 379. The van der Waals surface area contributed by atoms with Crippen LogP contribution in [0.5, 0.6) is 0 Å². The maximum atomic E-state index is 11.5. The van der Waals surface area contributed by atoms with Crippen LogP contribution < -0.4 is 5.73 Å². The lowest BCUT2D eigenvalue weighted by Crippen LogP contribution is -2.48. The van der Waals surface area contributed by atoms with E-state index in [0.717, 1.165) is 5.56 Å². The van der Waals surface area contributed by atoms with Crippen molar-refractivity contribution in [3.63, 3.8) is 0 Å². The molecule has 1 heterocycles. The summed E-state index contributed by atoms with van der Waals surface area (Å²) in [7, 11) is 0. The summed E-state index contributed by atoms with van der Waals surface area (Å²) >= 11 is 1.34. The Morgan fingerprint density at radius 3 is 2.65 bits per heavy atom. The minimum absolute atomic E-state index is 0.331. The van der Waals surface area contributed by atoms with Gasteiger partial charge in [-0.15, -0.1) is 0 Å². The second kappa shape index (κ2) is 5.97. The first-order valence-corrected chi connectivity index (χ1v) is 6.32. The van der Waals surface area contributed by atoms with Gasteiger partial charge in [-0.3, -0.25) is 4.79 Å². The molecule has 2 N–H and O–H groups in total. The number of rotatable bonds is 5. The molecule has 0 saturated carbocycles. The Labute approximate surface area is 105 Å². The first kappa shape index (κ1) is 13.9. The van der Waals surface area contributed by atoms with Crippen LogP contribution in [0, 0.1) is 6.92 Å². The highest BCUT2D eigenvalue weighted by atomic mass is 32.2. The molecule has 0 spiro atoms. The Morgan fingerprint density at radius 1 is 1.53 bits per heavy atom. The third-order valence-corrected chi connectivity index (χ3v) is 3.21. The molecule has 1 unspecified atom stereocenters.